The average molecular weight is 309 g/mol. The molecule has 0 saturated heterocycles. The molecule has 0 aliphatic carbocycles. The van der Waals surface area contributed by atoms with Crippen LogP contribution in [0.4, 0.5) is 0 Å². The fourth-order valence-electron chi connectivity index (χ4n) is 1.75. The molecule has 0 aliphatic rings. The number of carbonyl (C=O) groups is 2. The van der Waals surface area contributed by atoms with Gasteiger partial charge in [-0.1, -0.05) is 11.6 Å². The van der Waals surface area contributed by atoms with E-state index in [-0.39, 0.29) is 17.0 Å². The van der Waals surface area contributed by atoms with Crippen LogP contribution in [0.3, 0.4) is 0 Å². The van der Waals surface area contributed by atoms with Crippen LogP contribution in [0.25, 0.3) is 0 Å². The zero-order chi connectivity index (χ0) is 15.4. The van der Waals surface area contributed by atoms with E-state index in [0.29, 0.717) is 11.4 Å². The predicted octanol–water partition coefficient (Wildman–Crippen LogP) is 1.19. The Hall–Kier alpha value is -2.41. The summed E-state index contributed by atoms with van der Waals surface area (Å²) in [4.78, 5) is 33.9. The van der Waals surface area contributed by atoms with Crippen LogP contribution in [0.5, 0.6) is 0 Å². The highest BCUT2D eigenvalue weighted by Crippen LogP contribution is 2.15. The molecule has 0 unspecified atom stereocenters. The second-order valence-corrected chi connectivity index (χ2v) is 4.86. The van der Waals surface area contributed by atoms with Gasteiger partial charge in [-0.3, -0.25) is 9.78 Å². The maximum atomic E-state index is 12.1. The number of halogens is 1. The Morgan fingerprint density at radius 3 is 2.81 bits per heavy atom. The van der Waals surface area contributed by atoms with E-state index < -0.39 is 17.9 Å². The summed E-state index contributed by atoms with van der Waals surface area (Å²) in [5, 5.41) is 11.8. The Morgan fingerprint density at radius 2 is 2.24 bits per heavy atom. The standard InChI is InChI=1S/C13H13ClN4O3/c1-7-2-10(14)9(5-16-7)12(19)18-11(13(20)21)3-8-4-15-6-17-8/h2,4-6,11H,3H2,1H3,(H,15,17)(H,18,19)(H,20,21)/t11-/m1/s1. The molecule has 8 heteroatoms. The number of aromatic nitrogens is 3. The van der Waals surface area contributed by atoms with Crippen molar-refractivity contribution in [1.82, 2.24) is 20.3 Å². The van der Waals surface area contributed by atoms with Gasteiger partial charge in [0.15, 0.2) is 0 Å². The number of carboxylic acid groups (broad SMARTS) is 1. The van der Waals surface area contributed by atoms with Crippen LogP contribution in [-0.4, -0.2) is 38.0 Å². The number of nitrogens with one attached hydrogen (secondary N) is 2. The van der Waals surface area contributed by atoms with Gasteiger partial charge >= 0.3 is 5.97 Å². The first-order chi connectivity index (χ1) is 9.97. The topological polar surface area (TPSA) is 108 Å². The number of hydrogen-bond donors (Lipinski definition) is 3. The van der Waals surface area contributed by atoms with Crippen molar-refractivity contribution in [2.75, 3.05) is 0 Å². The average Bonchev–Trinajstić information content (AvgIpc) is 2.90. The van der Waals surface area contributed by atoms with Gasteiger partial charge in [-0.15, -0.1) is 0 Å². The highest BCUT2D eigenvalue weighted by Gasteiger charge is 2.23. The van der Waals surface area contributed by atoms with Crippen molar-refractivity contribution in [2.24, 2.45) is 0 Å². The largest absolute Gasteiger partial charge is 0.480 e. The summed E-state index contributed by atoms with van der Waals surface area (Å²) in [6.45, 7) is 1.74. The molecular formula is C13H13ClN4O3. The first-order valence-corrected chi connectivity index (χ1v) is 6.48. The van der Waals surface area contributed by atoms with Crippen molar-refractivity contribution in [1.29, 1.82) is 0 Å². The summed E-state index contributed by atoms with van der Waals surface area (Å²) in [6, 6.07) is 0.455. The van der Waals surface area contributed by atoms with E-state index in [2.05, 4.69) is 20.3 Å². The molecule has 2 aromatic rings. The Labute approximate surface area is 125 Å². The van der Waals surface area contributed by atoms with E-state index in [1.54, 1.807) is 13.0 Å². The molecule has 2 heterocycles. The number of H-pyrrole nitrogens is 1. The first kappa shape index (κ1) is 15.0. The number of amides is 1. The van der Waals surface area contributed by atoms with E-state index in [9.17, 15) is 14.7 Å². The van der Waals surface area contributed by atoms with Gasteiger partial charge in [-0.05, 0) is 13.0 Å². The quantitative estimate of drug-likeness (QED) is 0.769. The van der Waals surface area contributed by atoms with Gasteiger partial charge in [0.25, 0.3) is 5.91 Å². The molecule has 1 amide bonds. The first-order valence-electron chi connectivity index (χ1n) is 6.10. The van der Waals surface area contributed by atoms with Gasteiger partial charge in [0.1, 0.15) is 6.04 Å². The smallest absolute Gasteiger partial charge is 0.326 e. The summed E-state index contributed by atoms with van der Waals surface area (Å²) in [6.07, 6.45) is 4.36. The van der Waals surface area contributed by atoms with Crippen LogP contribution < -0.4 is 5.32 Å². The summed E-state index contributed by atoms with van der Waals surface area (Å²) in [5.74, 6) is -1.73. The Bertz CT molecular complexity index is 657. The summed E-state index contributed by atoms with van der Waals surface area (Å²) < 4.78 is 0. The third-order valence-electron chi connectivity index (χ3n) is 2.82. The minimum absolute atomic E-state index is 0.0952. The number of carbonyl (C=O) groups excluding carboxylic acids is 1. The third-order valence-corrected chi connectivity index (χ3v) is 3.13. The molecule has 21 heavy (non-hydrogen) atoms. The van der Waals surface area contributed by atoms with Crippen LogP contribution in [0.1, 0.15) is 21.7 Å². The molecule has 1 atom stereocenters. The molecule has 110 valence electrons. The molecule has 0 aliphatic heterocycles. The van der Waals surface area contributed by atoms with Gasteiger partial charge in [0.05, 0.1) is 16.9 Å². The molecule has 0 radical (unpaired) electrons. The monoisotopic (exact) mass is 308 g/mol. The Balaban J connectivity index is 2.12. The van der Waals surface area contributed by atoms with E-state index >= 15 is 0 Å². The maximum Gasteiger partial charge on any atom is 0.326 e. The number of hydrogen-bond acceptors (Lipinski definition) is 4. The molecule has 0 bridgehead atoms. The maximum absolute atomic E-state index is 12.1. The van der Waals surface area contributed by atoms with Crippen LogP contribution in [0, 0.1) is 6.92 Å². The fraction of sp³-hybridized carbons (Fsp3) is 0.231. The minimum Gasteiger partial charge on any atom is -0.480 e. The number of pyridine rings is 1. The number of imidazole rings is 1. The summed E-state index contributed by atoms with van der Waals surface area (Å²) >= 11 is 5.97. The van der Waals surface area contributed by atoms with Gasteiger partial charge in [-0.25, -0.2) is 9.78 Å². The molecule has 2 rings (SSSR count). The highest BCUT2D eigenvalue weighted by atomic mass is 35.5. The zero-order valence-corrected chi connectivity index (χ0v) is 11.9. The minimum atomic E-state index is -1.14. The van der Waals surface area contributed by atoms with Crippen LogP contribution in [-0.2, 0) is 11.2 Å². The van der Waals surface area contributed by atoms with E-state index in [4.69, 9.17) is 11.6 Å². The summed E-state index contributed by atoms with van der Waals surface area (Å²) in [7, 11) is 0. The Kier molecular flexibility index (Phi) is 4.54. The predicted molar refractivity (Wildman–Crippen MR) is 75.2 cm³/mol. The second-order valence-electron chi connectivity index (χ2n) is 4.45. The van der Waals surface area contributed by atoms with Gasteiger partial charge in [0.2, 0.25) is 0 Å². The van der Waals surface area contributed by atoms with Crippen molar-refractivity contribution < 1.29 is 14.7 Å². The summed E-state index contributed by atoms with van der Waals surface area (Å²) in [5.41, 5.74) is 1.41. The Morgan fingerprint density at radius 1 is 1.48 bits per heavy atom. The van der Waals surface area contributed by atoms with Gasteiger partial charge < -0.3 is 15.4 Å². The number of nitrogens with zero attached hydrogens (tertiary/aromatic N) is 2. The molecule has 0 aromatic carbocycles. The lowest BCUT2D eigenvalue weighted by molar-refractivity contribution is -0.139. The van der Waals surface area contributed by atoms with Crippen LogP contribution in [0.2, 0.25) is 5.02 Å². The van der Waals surface area contributed by atoms with Gasteiger partial charge in [-0.2, -0.15) is 0 Å². The molecular weight excluding hydrogens is 296 g/mol. The number of carboxylic acids is 1. The lowest BCUT2D eigenvalue weighted by Gasteiger charge is -2.14. The van der Waals surface area contributed by atoms with Crippen molar-refractivity contribution in [3.63, 3.8) is 0 Å². The van der Waals surface area contributed by atoms with Crippen molar-refractivity contribution in [3.05, 3.63) is 46.8 Å². The molecule has 0 saturated carbocycles. The third kappa shape index (κ3) is 3.79. The molecule has 0 spiro atoms. The zero-order valence-electron chi connectivity index (χ0n) is 11.1. The number of aliphatic carboxylic acids is 1. The lowest BCUT2D eigenvalue weighted by Crippen LogP contribution is -2.42. The van der Waals surface area contributed by atoms with E-state index in [1.165, 1.54) is 18.7 Å². The molecule has 7 nitrogen and oxygen atoms in total. The fourth-order valence-corrected chi connectivity index (χ4v) is 2.04. The van der Waals surface area contributed by atoms with Crippen LogP contribution >= 0.6 is 11.6 Å². The van der Waals surface area contributed by atoms with Crippen LogP contribution in [0.15, 0.2) is 24.8 Å². The van der Waals surface area contributed by atoms with E-state index in [1.807, 2.05) is 0 Å². The second kappa shape index (κ2) is 6.36. The van der Waals surface area contributed by atoms with Gasteiger partial charge in [0, 0.05) is 30.2 Å². The lowest BCUT2D eigenvalue weighted by atomic mass is 10.1. The molecule has 2 aromatic heterocycles. The van der Waals surface area contributed by atoms with Crippen molar-refractivity contribution in [2.45, 2.75) is 19.4 Å². The normalized spacial score (nSPS) is 11.9. The number of rotatable bonds is 5. The molecule has 0 fully saturated rings. The SMILES string of the molecule is Cc1cc(Cl)c(C(=O)N[C@H](Cc2cnc[nH]2)C(=O)O)cn1. The van der Waals surface area contributed by atoms with E-state index in [0.717, 1.165) is 0 Å². The molecule has 3 N–H and O–H groups in total. The van der Waals surface area contributed by atoms with Crippen molar-refractivity contribution >= 4 is 23.5 Å². The van der Waals surface area contributed by atoms with Crippen molar-refractivity contribution in [3.8, 4) is 0 Å². The number of aromatic amines is 1. The number of aryl methyl sites for hydroxylation is 1. The highest BCUT2D eigenvalue weighted by molar-refractivity contribution is 6.33.